The number of aryl methyl sites for hydroxylation is 2. The molecule has 3 rings (SSSR count). The van der Waals surface area contributed by atoms with Crippen LogP contribution < -0.4 is 10.6 Å². The quantitative estimate of drug-likeness (QED) is 0.846. The Morgan fingerprint density at radius 2 is 2.04 bits per heavy atom. The van der Waals surface area contributed by atoms with Crippen molar-refractivity contribution in [2.45, 2.75) is 62.4 Å². The number of nitrogens with one attached hydrogen (secondary N) is 2. The maximum Gasteiger partial charge on any atom is 0.221 e. The second-order valence-corrected chi connectivity index (χ2v) is 9.02. The lowest BCUT2D eigenvalue weighted by atomic mass is 10.00. The van der Waals surface area contributed by atoms with E-state index in [1.165, 1.54) is 5.56 Å². The fourth-order valence-electron chi connectivity index (χ4n) is 3.61. The van der Waals surface area contributed by atoms with Crippen molar-refractivity contribution in [3.05, 3.63) is 29.3 Å². The smallest absolute Gasteiger partial charge is 0.221 e. The number of carbonyl (C=O) groups is 1. The zero-order valence-corrected chi connectivity index (χ0v) is 15.0. The number of piperidine rings is 1. The van der Waals surface area contributed by atoms with Gasteiger partial charge in [-0.15, -0.1) is 0 Å². The predicted octanol–water partition coefficient (Wildman–Crippen LogP) is 1.60. The van der Waals surface area contributed by atoms with Gasteiger partial charge in [0.2, 0.25) is 5.91 Å². The summed E-state index contributed by atoms with van der Waals surface area (Å²) in [4.78, 5) is 12.5. The minimum absolute atomic E-state index is 0.0165. The third kappa shape index (κ3) is 3.98. The number of hydrogen-bond acceptors (Lipinski definition) is 4. The van der Waals surface area contributed by atoms with E-state index in [-0.39, 0.29) is 30.2 Å². The molecular weight excluding hydrogens is 324 g/mol. The molecule has 1 saturated heterocycles. The largest absolute Gasteiger partial charge is 0.352 e. The van der Waals surface area contributed by atoms with Crippen molar-refractivity contribution in [3.63, 3.8) is 0 Å². The summed E-state index contributed by atoms with van der Waals surface area (Å²) in [6.45, 7) is 3.02. The highest BCUT2D eigenvalue weighted by atomic mass is 32.2. The molecule has 132 valence electrons. The number of carbonyl (C=O) groups excluding carboxylic acids is 1. The molecule has 5 nitrogen and oxygen atoms in total. The van der Waals surface area contributed by atoms with E-state index in [4.69, 9.17) is 0 Å². The highest BCUT2D eigenvalue weighted by molar-refractivity contribution is 7.91. The van der Waals surface area contributed by atoms with E-state index in [0.29, 0.717) is 4.90 Å². The summed E-state index contributed by atoms with van der Waals surface area (Å²) in [7, 11) is -3.41. The molecule has 2 aliphatic rings. The van der Waals surface area contributed by atoms with Crippen LogP contribution in [0.25, 0.3) is 0 Å². The Balaban J connectivity index is 1.57. The predicted molar refractivity (Wildman–Crippen MR) is 93.8 cm³/mol. The van der Waals surface area contributed by atoms with E-state index in [0.717, 1.165) is 44.2 Å². The normalized spacial score (nSPS) is 23.7. The van der Waals surface area contributed by atoms with Crippen LogP contribution in [0.5, 0.6) is 0 Å². The summed E-state index contributed by atoms with van der Waals surface area (Å²) < 4.78 is 25.0. The number of benzene rings is 1. The maximum atomic E-state index is 12.5. The van der Waals surface area contributed by atoms with Crippen LogP contribution in [0.1, 0.15) is 43.7 Å². The molecular formula is C18H26N2O3S. The number of sulfone groups is 1. The third-order valence-electron chi connectivity index (χ3n) is 5.14. The summed E-state index contributed by atoms with van der Waals surface area (Å²) in [5, 5.41) is 6.29. The first-order valence-corrected chi connectivity index (χ1v) is 10.5. The van der Waals surface area contributed by atoms with Gasteiger partial charge in [0.1, 0.15) is 0 Å². The molecule has 1 aromatic rings. The van der Waals surface area contributed by atoms with Gasteiger partial charge in [0.05, 0.1) is 10.6 Å². The van der Waals surface area contributed by atoms with Gasteiger partial charge in [-0.25, -0.2) is 8.42 Å². The topological polar surface area (TPSA) is 75.3 Å². The molecule has 2 N–H and O–H groups in total. The van der Waals surface area contributed by atoms with Gasteiger partial charge in [0, 0.05) is 18.5 Å². The zero-order chi connectivity index (χ0) is 17.2. The van der Waals surface area contributed by atoms with Gasteiger partial charge in [0.15, 0.2) is 9.84 Å². The Kier molecular flexibility index (Phi) is 5.25. The second kappa shape index (κ2) is 7.23. The molecule has 0 aromatic heterocycles. The van der Waals surface area contributed by atoms with E-state index in [1.807, 2.05) is 13.0 Å². The van der Waals surface area contributed by atoms with Crippen LogP contribution in [0.2, 0.25) is 0 Å². The van der Waals surface area contributed by atoms with Crippen LogP contribution in [0, 0.1) is 0 Å². The van der Waals surface area contributed by atoms with Crippen LogP contribution >= 0.6 is 0 Å². The first-order chi connectivity index (χ1) is 11.5. The zero-order valence-electron chi connectivity index (χ0n) is 14.2. The van der Waals surface area contributed by atoms with E-state index < -0.39 is 9.84 Å². The summed E-state index contributed by atoms with van der Waals surface area (Å²) in [5.41, 5.74) is 2.40. The fourth-order valence-corrected chi connectivity index (χ4v) is 4.89. The van der Waals surface area contributed by atoms with Crippen molar-refractivity contribution in [1.82, 2.24) is 10.6 Å². The van der Waals surface area contributed by atoms with Crippen molar-refractivity contribution in [2.75, 3.05) is 12.3 Å². The van der Waals surface area contributed by atoms with E-state index in [9.17, 15) is 13.2 Å². The van der Waals surface area contributed by atoms with Crippen LogP contribution in [0.3, 0.4) is 0 Å². The molecule has 0 saturated carbocycles. The number of amides is 1. The molecule has 1 aromatic carbocycles. The van der Waals surface area contributed by atoms with Crippen LogP contribution in [0.15, 0.2) is 23.1 Å². The first-order valence-electron chi connectivity index (χ1n) is 8.83. The van der Waals surface area contributed by atoms with Gasteiger partial charge < -0.3 is 10.6 Å². The molecule has 1 heterocycles. The Morgan fingerprint density at radius 3 is 2.83 bits per heavy atom. The van der Waals surface area contributed by atoms with Gasteiger partial charge in [-0.2, -0.15) is 0 Å². The van der Waals surface area contributed by atoms with Crippen molar-refractivity contribution in [1.29, 1.82) is 0 Å². The highest BCUT2D eigenvalue weighted by Gasteiger charge is 2.24. The van der Waals surface area contributed by atoms with Crippen LogP contribution in [-0.4, -0.2) is 38.7 Å². The first kappa shape index (κ1) is 17.4. The lowest BCUT2D eigenvalue weighted by molar-refractivity contribution is -0.121. The molecule has 6 heteroatoms. The van der Waals surface area contributed by atoms with E-state index in [1.54, 1.807) is 12.1 Å². The molecule has 0 radical (unpaired) electrons. The fraction of sp³-hybridized carbons (Fsp3) is 0.611. The van der Waals surface area contributed by atoms with Crippen LogP contribution in [-0.2, 0) is 27.5 Å². The Morgan fingerprint density at radius 1 is 1.25 bits per heavy atom. The Bertz CT molecular complexity index is 715. The van der Waals surface area contributed by atoms with Gasteiger partial charge in [0.25, 0.3) is 0 Å². The van der Waals surface area contributed by atoms with Gasteiger partial charge in [-0.05, 0) is 68.8 Å². The summed E-state index contributed by atoms with van der Waals surface area (Å²) >= 11 is 0. The molecule has 1 aliphatic carbocycles. The third-order valence-corrected chi connectivity index (χ3v) is 6.85. The van der Waals surface area contributed by atoms with E-state index in [2.05, 4.69) is 10.6 Å². The van der Waals surface area contributed by atoms with Gasteiger partial charge in [-0.1, -0.05) is 6.07 Å². The summed E-state index contributed by atoms with van der Waals surface area (Å²) in [5.74, 6) is -0.313. The average molecular weight is 350 g/mol. The van der Waals surface area contributed by atoms with Gasteiger partial charge in [-0.3, -0.25) is 4.79 Å². The van der Waals surface area contributed by atoms with E-state index >= 15 is 0 Å². The SMILES string of the molecule is CC1NCCCC1NC(=O)CCS(=O)(=O)c1ccc2c(c1)CCC2. The average Bonchev–Trinajstić information content (AvgIpc) is 3.03. The maximum absolute atomic E-state index is 12.5. The number of rotatable bonds is 5. The number of hydrogen-bond donors (Lipinski definition) is 2. The standard InChI is InChI=1S/C18H26N2O3S/c1-13-17(6-3-10-19-13)20-18(21)9-11-24(22,23)16-8-7-14-4-2-5-15(14)12-16/h7-8,12-13,17,19H,2-6,9-11H2,1H3,(H,20,21). The molecule has 1 aliphatic heterocycles. The van der Waals surface area contributed by atoms with Crippen molar-refractivity contribution < 1.29 is 13.2 Å². The minimum Gasteiger partial charge on any atom is -0.352 e. The summed E-state index contributed by atoms with van der Waals surface area (Å²) in [6.07, 6.45) is 5.06. The van der Waals surface area contributed by atoms with Gasteiger partial charge >= 0.3 is 0 Å². The molecule has 0 bridgehead atoms. The van der Waals surface area contributed by atoms with Crippen molar-refractivity contribution in [2.24, 2.45) is 0 Å². The molecule has 24 heavy (non-hydrogen) atoms. The Hall–Kier alpha value is -1.40. The lowest BCUT2D eigenvalue weighted by Crippen LogP contribution is -2.52. The monoisotopic (exact) mass is 350 g/mol. The molecule has 1 amide bonds. The van der Waals surface area contributed by atoms with Crippen molar-refractivity contribution in [3.8, 4) is 0 Å². The highest BCUT2D eigenvalue weighted by Crippen LogP contribution is 2.25. The molecule has 1 fully saturated rings. The minimum atomic E-state index is -3.41. The van der Waals surface area contributed by atoms with Crippen LogP contribution in [0.4, 0.5) is 0 Å². The number of fused-ring (bicyclic) bond motifs is 1. The molecule has 0 spiro atoms. The lowest BCUT2D eigenvalue weighted by Gasteiger charge is -2.30. The van der Waals surface area contributed by atoms with Crippen molar-refractivity contribution >= 4 is 15.7 Å². The molecule has 2 atom stereocenters. The summed E-state index contributed by atoms with van der Waals surface area (Å²) in [6, 6.07) is 5.72. The molecule has 2 unspecified atom stereocenters. The Labute approximate surface area is 144 Å². The second-order valence-electron chi connectivity index (χ2n) is 6.91.